The van der Waals surface area contributed by atoms with E-state index >= 15 is 0 Å². The van der Waals surface area contributed by atoms with Gasteiger partial charge in [0.25, 0.3) is 5.88 Å². The van der Waals surface area contributed by atoms with E-state index in [1.165, 1.54) is 10.6 Å². The summed E-state index contributed by atoms with van der Waals surface area (Å²) in [7, 11) is -4.03. The molecule has 0 bridgehead atoms. The molecule has 0 atom stereocenters. The number of fused-ring (bicyclic) bond motifs is 1. The van der Waals surface area contributed by atoms with Crippen LogP contribution in [-0.2, 0) is 10.3 Å². The molecular weight excluding hydrogens is 208 g/mol. The summed E-state index contributed by atoms with van der Waals surface area (Å²) in [4.78, 5) is 3.92. The Balaban J connectivity index is 2.46. The zero-order chi connectivity index (χ0) is 10.2. The summed E-state index contributed by atoms with van der Waals surface area (Å²) in [6.45, 7) is 0. The third-order valence-corrected chi connectivity index (χ3v) is 1.82. The summed E-state index contributed by atoms with van der Waals surface area (Å²) in [5, 5.41) is 8.44. The van der Waals surface area contributed by atoms with Gasteiger partial charge < -0.3 is 4.18 Å². The Kier molecular flexibility index (Phi) is 1.86. The van der Waals surface area contributed by atoms with Gasteiger partial charge in [0.05, 0.1) is 0 Å². The molecule has 0 amide bonds. The summed E-state index contributed by atoms with van der Waals surface area (Å²) in [5.41, 5.74) is 0.478. The zero-order valence-corrected chi connectivity index (χ0v) is 7.68. The molecule has 0 spiro atoms. The quantitative estimate of drug-likeness (QED) is 0.713. The Bertz CT molecular complexity index is 528. The first-order valence-electron chi connectivity index (χ1n) is 3.57. The zero-order valence-electron chi connectivity index (χ0n) is 6.86. The van der Waals surface area contributed by atoms with E-state index in [9.17, 15) is 8.42 Å². The van der Waals surface area contributed by atoms with Gasteiger partial charge in [0.15, 0.2) is 5.65 Å². The first-order valence-corrected chi connectivity index (χ1v) is 5.04. The van der Waals surface area contributed by atoms with Gasteiger partial charge in [-0.1, -0.05) is 0 Å². The Morgan fingerprint density at radius 1 is 1.50 bits per heavy atom. The third kappa shape index (κ3) is 1.80. The number of rotatable bonds is 2. The van der Waals surface area contributed by atoms with E-state index in [1.54, 1.807) is 18.5 Å². The fraction of sp³-hybridized carbons (Fsp3) is 0. The lowest BCUT2D eigenvalue weighted by atomic mass is 10.6. The van der Waals surface area contributed by atoms with E-state index in [2.05, 4.69) is 19.4 Å². The standard InChI is InChI=1S/C6H6N4O3S/c7-14(11,12)13-6-4-5-8-2-1-3-10(5)9-6/h1-4H,(H2,7,11,12). The van der Waals surface area contributed by atoms with Crippen LogP contribution in [0.1, 0.15) is 0 Å². The lowest BCUT2D eigenvalue weighted by molar-refractivity contribution is 0.475. The van der Waals surface area contributed by atoms with Crippen molar-refractivity contribution in [2.75, 3.05) is 0 Å². The molecular formula is C6H6N4O3S. The monoisotopic (exact) mass is 214 g/mol. The van der Waals surface area contributed by atoms with Crippen molar-refractivity contribution in [3.63, 3.8) is 0 Å². The summed E-state index contributed by atoms with van der Waals surface area (Å²) in [5.74, 6) is -0.105. The maximum atomic E-state index is 10.6. The fourth-order valence-electron chi connectivity index (χ4n) is 0.968. The number of hydrogen-bond acceptors (Lipinski definition) is 5. The van der Waals surface area contributed by atoms with Crippen molar-refractivity contribution >= 4 is 16.0 Å². The summed E-state index contributed by atoms with van der Waals surface area (Å²) in [6.07, 6.45) is 3.16. The van der Waals surface area contributed by atoms with Crippen LogP contribution in [0.3, 0.4) is 0 Å². The number of nitrogens with zero attached hydrogens (tertiary/aromatic N) is 3. The Morgan fingerprint density at radius 3 is 2.93 bits per heavy atom. The van der Waals surface area contributed by atoms with Crippen molar-refractivity contribution in [1.29, 1.82) is 0 Å². The summed E-state index contributed by atoms with van der Waals surface area (Å²) >= 11 is 0. The van der Waals surface area contributed by atoms with Gasteiger partial charge in [-0.05, 0) is 6.07 Å². The smallest absolute Gasteiger partial charge is 0.349 e. The van der Waals surface area contributed by atoms with Gasteiger partial charge in [-0.3, -0.25) is 0 Å². The number of nitrogens with two attached hydrogens (primary N) is 1. The molecule has 0 saturated carbocycles. The fourth-order valence-corrected chi connectivity index (χ4v) is 1.29. The normalized spacial score (nSPS) is 11.8. The minimum absolute atomic E-state index is 0.105. The molecule has 0 unspecified atom stereocenters. The van der Waals surface area contributed by atoms with Crippen molar-refractivity contribution < 1.29 is 12.6 Å². The minimum atomic E-state index is -4.03. The molecule has 0 aliphatic heterocycles. The minimum Gasteiger partial charge on any atom is -0.349 e. The van der Waals surface area contributed by atoms with Crippen LogP contribution in [0.15, 0.2) is 24.5 Å². The molecule has 0 aromatic carbocycles. The van der Waals surface area contributed by atoms with Gasteiger partial charge in [0.1, 0.15) is 0 Å². The predicted octanol–water partition coefficient (Wildman–Crippen LogP) is -0.688. The summed E-state index contributed by atoms with van der Waals surface area (Å²) in [6, 6.07) is 3.02. The lowest BCUT2D eigenvalue weighted by Gasteiger charge is -1.94. The van der Waals surface area contributed by atoms with Gasteiger partial charge in [-0.15, -0.1) is 5.10 Å². The van der Waals surface area contributed by atoms with Crippen LogP contribution in [0.2, 0.25) is 0 Å². The van der Waals surface area contributed by atoms with Gasteiger partial charge in [0.2, 0.25) is 0 Å². The summed E-state index contributed by atoms with van der Waals surface area (Å²) < 4.78 is 26.9. The van der Waals surface area contributed by atoms with Crippen molar-refractivity contribution in [2.24, 2.45) is 5.14 Å². The molecule has 0 radical (unpaired) electrons. The Hall–Kier alpha value is -1.67. The molecule has 2 N–H and O–H groups in total. The first-order chi connectivity index (χ1) is 6.54. The van der Waals surface area contributed by atoms with E-state index in [0.29, 0.717) is 5.65 Å². The molecule has 0 aliphatic carbocycles. The topological polar surface area (TPSA) is 99.6 Å². The molecule has 7 nitrogen and oxygen atoms in total. The highest BCUT2D eigenvalue weighted by Gasteiger charge is 2.09. The van der Waals surface area contributed by atoms with Gasteiger partial charge in [-0.25, -0.2) is 9.50 Å². The number of hydrogen-bond donors (Lipinski definition) is 1. The highest BCUT2D eigenvalue weighted by atomic mass is 32.2. The van der Waals surface area contributed by atoms with Gasteiger partial charge >= 0.3 is 10.3 Å². The Labute approximate surface area is 79.4 Å². The van der Waals surface area contributed by atoms with Crippen LogP contribution in [0, 0.1) is 0 Å². The van der Waals surface area contributed by atoms with Crippen LogP contribution in [0.5, 0.6) is 5.88 Å². The van der Waals surface area contributed by atoms with E-state index in [-0.39, 0.29) is 5.88 Å². The molecule has 0 fully saturated rings. The van der Waals surface area contributed by atoms with E-state index in [1.807, 2.05) is 0 Å². The molecule has 2 aromatic rings. The third-order valence-electron chi connectivity index (χ3n) is 1.42. The second-order valence-electron chi connectivity index (χ2n) is 2.48. The molecule has 0 aliphatic rings. The van der Waals surface area contributed by atoms with Gasteiger partial charge in [0, 0.05) is 18.5 Å². The highest BCUT2D eigenvalue weighted by Crippen LogP contribution is 2.11. The molecule has 8 heteroatoms. The highest BCUT2D eigenvalue weighted by molar-refractivity contribution is 7.84. The molecule has 14 heavy (non-hydrogen) atoms. The van der Waals surface area contributed by atoms with Crippen LogP contribution < -0.4 is 9.32 Å². The average molecular weight is 214 g/mol. The SMILES string of the molecule is NS(=O)(=O)Oc1cc2ncccn2n1. The second kappa shape index (κ2) is 2.93. The second-order valence-corrected chi connectivity index (χ2v) is 3.63. The van der Waals surface area contributed by atoms with E-state index in [4.69, 9.17) is 0 Å². The molecule has 2 aromatic heterocycles. The van der Waals surface area contributed by atoms with Crippen LogP contribution in [-0.4, -0.2) is 23.0 Å². The molecule has 2 rings (SSSR count). The lowest BCUT2D eigenvalue weighted by Crippen LogP contribution is -2.19. The maximum Gasteiger partial charge on any atom is 0.381 e. The molecule has 2 heterocycles. The molecule has 74 valence electrons. The van der Waals surface area contributed by atoms with Crippen LogP contribution in [0.4, 0.5) is 0 Å². The van der Waals surface area contributed by atoms with Crippen molar-refractivity contribution in [3.05, 3.63) is 24.5 Å². The number of aromatic nitrogens is 3. The molecule has 0 saturated heterocycles. The van der Waals surface area contributed by atoms with Crippen LogP contribution in [0.25, 0.3) is 5.65 Å². The van der Waals surface area contributed by atoms with Crippen molar-refractivity contribution in [1.82, 2.24) is 14.6 Å². The van der Waals surface area contributed by atoms with Crippen LogP contribution >= 0.6 is 0 Å². The maximum absolute atomic E-state index is 10.6. The predicted molar refractivity (Wildman–Crippen MR) is 46.7 cm³/mol. The van der Waals surface area contributed by atoms with E-state index in [0.717, 1.165) is 0 Å². The van der Waals surface area contributed by atoms with E-state index < -0.39 is 10.3 Å². The first kappa shape index (κ1) is 8.91. The Morgan fingerprint density at radius 2 is 2.29 bits per heavy atom. The largest absolute Gasteiger partial charge is 0.381 e. The van der Waals surface area contributed by atoms with Gasteiger partial charge in [-0.2, -0.15) is 13.6 Å². The van der Waals surface area contributed by atoms with Crippen molar-refractivity contribution in [3.8, 4) is 5.88 Å². The average Bonchev–Trinajstić information content (AvgIpc) is 2.42. The van der Waals surface area contributed by atoms with Crippen molar-refractivity contribution in [2.45, 2.75) is 0 Å².